The number of carbonyl (C=O) groups is 1. The highest BCUT2D eigenvalue weighted by Crippen LogP contribution is 2.23. The Hall–Kier alpha value is -0.390. The monoisotopic (exact) mass is 360 g/mol. The molecule has 1 saturated carbocycles. The Morgan fingerprint density at radius 1 is 1.29 bits per heavy atom. The van der Waals surface area contributed by atoms with Crippen LogP contribution in [0, 0.1) is 0 Å². The third-order valence-corrected chi connectivity index (χ3v) is 4.42. The topological polar surface area (TPSA) is 41.1 Å². The van der Waals surface area contributed by atoms with Crippen molar-refractivity contribution in [2.75, 3.05) is 6.54 Å². The SMILES string of the molecule is O=C(CNCc1ccc(Br)c(Br)c1)NC1CC1. The number of amides is 1. The first-order valence-electron chi connectivity index (χ1n) is 5.59. The zero-order valence-electron chi connectivity index (χ0n) is 9.30. The second kappa shape index (κ2) is 5.98. The quantitative estimate of drug-likeness (QED) is 0.846. The molecule has 1 aromatic carbocycles. The van der Waals surface area contributed by atoms with Gasteiger partial charge >= 0.3 is 0 Å². The molecule has 0 atom stereocenters. The van der Waals surface area contributed by atoms with Crippen LogP contribution in [0.25, 0.3) is 0 Å². The fourth-order valence-electron chi connectivity index (χ4n) is 1.48. The van der Waals surface area contributed by atoms with E-state index in [0.717, 1.165) is 27.4 Å². The summed E-state index contributed by atoms with van der Waals surface area (Å²) in [6, 6.07) is 6.49. The third kappa shape index (κ3) is 4.41. The molecule has 0 aliphatic heterocycles. The maximum Gasteiger partial charge on any atom is 0.234 e. The van der Waals surface area contributed by atoms with Crippen LogP contribution in [0.15, 0.2) is 27.1 Å². The van der Waals surface area contributed by atoms with E-state index in [1.807, 2.05) is 18.2 Å². The third-order valence-electron chi connectivity index (χ3n) is 2.54. The second-order valence-electron chi connectivity index (χ2n) is 4.19. The highest BCUT2D eigenvalue weighted by atomic mass is 79.9. The minimum Gasteiger partial charge on any atom is -0.352 e. The average molecular weight is 362 g/mol. The van der Waals surface area contributed by atoms with Gasteiger partial charge in [-0.15, -0.1) is 0 Å². The summed E-state index contributed by atoms with van der Waals surface area (Å²) >= 11 is 6.88. The predicted molar refractivity (Wildman–Crippen MR) is 74.7 cm³/mol. The Bertz CT molecular complexity index is 419. The predicted octanol–water partition coefficient (Wildman–Crippen LogP) is 2.58. The lowest BCUT2D eigenvalue weighted by Crippen LogP contribution is -2.34. The standard InChI is InChI=1S/C12H14Br2N2O/c13-10-4-1-8(5-11(10)14)6-15-7-12(17)16-9-2-3-9/h1,4-5,9,15H,2-3,6-7H2,(H,16,17). The summed E-state index contributed by atoms with van der Waals surface area (Å²) in [7, 11) is 0. The van der Waals surface area contributed by atoms with E-state index in [-0.39, 0.29) is 5.91 Å². The highest BCUT2D eigenvalue weighted by molar-refractivity contribution is 9.13. The number of rotatable bonds is 5. The van der Waals surface area contributed by atoms with E-state index in [1.54, 1.807) is 0 Å². The molecule has 0 bridgehead atoms. The van der Waals surface area contributed by atoms with E-state index >= 15 is 0 Å². The van der Waals surface area contributed by atoms with Gasteiger partial charge in [-0.25, -0.2) is 0 Å². The number of hydrogen-bond acceptors (Lipinski definition) is 2. The second-order valence-corrected chi connectivity index (χ2v) is 5.90. The van der Waals surface area contributed by atoms with Crippen molar-refractivity contribution in [3.05, 3.63) is 32.7 Å². The molecule has 1 fully saturated rings. The molecule has 3 nitrogen and oxygen atoms in total. The molecule has 2 N–H and O–H groups in total. The summed E-state index contributed by atoms with van der Waals surface area (Å²) in [5.74, 6) is 0.0867. The molecule has 0 heterocycles. The molecule has 0 spiro atoms. The van der Waals surface area contributed by atoms with E-state index in [0.29, 0.717) is 19.1 Å². The van der Waals surface area contributed by atoms with Crippen molar-refractivity contribution >= 4 is 37.8 Å². The number of hydrogen-bond donors (Lipinski definition) is 2. The van der Waals surface area contributed by atoms with Gasteiger partial charge in [-0.3, -0.25) is 4.79 Å². The summed E-state index contributed by atoms with van der Waals surface area (Å²) in [6.07, 6.45) is 2.26. The zero-order chi connectivity index (χ0) is 12.3. The normalized spacial score (nSPS) is 14.7. The molecule has 1 aliphatic carbocycles. The molecular weight excluding hydrogens is 348 g/mol. The van der Waals surface area contributed by atoms with Crippen molar-refractivity contribution in [2.24, 2.45) is 0 Å². The van der Waals surface area contributed by atoms with Crippen LogP contribution in [0.4, 0.5) is 0 Å². The molecule has 2 rings (SSSR count). The van der Waals surface area contributed by atoms with Crippen molar-refractivity contribution in [1.29, 1.82) is 0 Å². The van der Waals surface area contributed by atoms with Gasteiger partial charge in [-0.05, 0) is 62.4 Å². The summed E-state index contributed by atoms with van der Waals surface area (Å²) < 4.78 is 2.06. The highest BCUT2D eigenvalue weighted by Gasteiger charge is 2.22. The molecule has 0 aromatic heterocycles. The summed E-state index contributed by atoms with van der Waals surface area (Å²) in [5, 5.41) is 6.08. The van der Waals surface area contributed by atoms with Gasteiger partial charge in [-0.2, -0.15) is 0 Å². The largest absolute Gasteiger partial charge is 0.352 e. The van der Waals surface area contributed by atoms with Crippen molar-refractivity contribution in [1.82, 2.24) is 10.6 Å². The van der Waals surface area contributed by atoms with Gasteiger partial charge in [0.2, 0.25) is 5.91 Å². The minimum absolute atomic E-state index is 0.0867. The van der Waals surface area contributed by atoms with Crippen molar-refractivity contribution in [3.63, 3.8) is 0 Å². The fraction of sp³-hybridized carbons (Fsp3) is 0.417. The number of carbonyl (C=O) groups excluding carboxylic acids is 1. The van der Waals surface area contributed by atoms with E-state index in [2.05, 4.69) is 42.5 Å². The zero-order valence-corrected chi connectivity index (χ0v) is 12.5. The van der Waals surface area contributed by atoms with Gasteiger partial charge in [0.05, 0.1) is 6.54 Å². The van der Waals surface area contributed by atoms with Crippen LogP contribution >= 0.6 is 31.9 Å². The first-order valence-corrected chi connectivity index (χ1v) is 7.18. The van der Waals surface area contributed by atoms with Crippen LogP contribution in [0.1, 0.15) is 18.4 Å². The summed E-state index contributed by atoms with van der Waals surface area (Å²) in [6.45, 7) is 1.08. The van der Waals surface area contributed by atoms with Gasteiger partial charge in [0.25, 0.3) is 0 Å². The van der Waals surface area contributed by atoms with Crippen molar-refractivity contribution in [3.8, 4) is 0 Å². The lowest BCUT2D eigenvalue weighted by atomic mass is 10.2. The molecule has 92 valence electrons. The lowest BCUT2D eigenvalue weighted by molar-refractivity contribution is -0.120. The van der Waals surface area contributed by atoms with Gasteiger partial charge in [0, 0.05) is 21.5 Å². The maximum absolute atomic E-state index is 11.4. The molecule has 0 saturated heterocycles. The molecule has 5 heteroatoms. The molecule has 1 aliphatic rings. The van der Waals surface area contributed by atoms with Gasteiger partial charge < -0.3 is 10.6 Å². The Morgan fingerprint density at radius 2 is 2.06 bits per heavy atom. The number of nitrogens with one attached hydrogen (secondary N) is 2. The fourth-order valence-corrected chi connectivity index (χ4v) is 2.15. The lowest BCUT2D eigenvalue weighted by Gasteiger charge is -2.06. The Labute approximate surface area is 118 Å². The van der Waals surface area contributed by atoms with Gasteiger partial charge in [-0.1, -0.05) is 6.07 Å². The molecule has 0 radical (unpaired) electrons. The first-order chi connectivity index (χ1) is 8.15. The molecular formula is C12H14Br2N2O. The van der Waals surface area contributed by atoms with Crippen LogP contribution < -0.4 is 10.6 Å². The Morgan fingerprint density at radius 3 is 2.71 bits per heavy atom. The Balaban J connectivity index is 1.73. The van der Waals surface area contributed by atoms with Gasteiger partial charge in [0.15, 0.2) is 0 Å². The average Bonchev–Trinajstić information content (AvgIpc) is 3.07. The van der Waals surface area contributed by atoms with E-state index in [9.17, 15) is 4.79 Å². The molecule has 0 unspecified atom stereocenters. The Kier molecular flexibility index (Phi) is 4.59. The van der Waals surface area contributed by atoms with E-state index < -0.39 is 0 Å². The maximum atomic E-state index is 11.4. The van der Waals surface area contributed by atoms with Gasteiger partial charge in [0.1, 0.15) is 0 Å². The smallest absolute Gasteiger partial charge is 0.234 e. The molecule has 17 heavy (non-hydrogen) atoms. The van der Waals surface area contributed by atoms with Crippen LogP contribution in [-0.4, -0.2) is 18.5 Å². The number of halogens is 2. The van der Waals surface area contributed by atoms with Crippen LogP contribution in [0.2, 0.25) is 0 Å². The van der Waals surface area contributed by atoms with Crippen molar-refractivity contribution < 1.29 is 4.79 Å². The molecule has 1 aromatic rings. The van der Waals surface area contributed by atoms with Crippen molar-refractivity contribution in [2.45, 2.75) is 25.4 Å². The first kappa shape index (κ1) is 13.1. The molecule has 1 amide bonds. The summed E-state index contributed by atoms with van der Waals surface area (Å²) in [4.78, 5) is 11.4. The van der Waals surface area contributed by atoms with E-state index in [1.165, 1.54) is 0 Å². The minimum atomic E-state index is 0.0867. The van der Waals surface area contributed by atoms with Crippen LogP contribution in [0.5, 0.6) is 0 Å². The summed E-state index contributed by atoms with van der Waals surface area (Å²) in [5.41, 5.74) is 1.15. The number of benzene rings is 1. The van der Waals surface area contributed by atoms with Crippen LogP contribution in [-0.2, 0) is 11.3 Å². The van der Waals surface area contributed by atoms with E-state index in [4.69, 9.17) is 0 Å². The van der Waals surface area contributed by atoms with Crippen LogP contribution in [0.3, 0.4) is 0 Å².